The summed E-state index contributed by atoms with van der Waals surface area (Å²) in [5, 5.41) is 10.4. The van der Waals surface area contributed by atoms with Crippen LogP contribution in [0.3, 0.4) is 0 Å². The van der Waals surface area contributed by atoms with Crippen LogP contribution in [0.4, 0.5) is 5.69 Å². The summed E-state index contributed by atoms with van der Waals surface area (Å²) >= 11 is 1.05. The number of thiazole rings is 1. The van der Waals surface area contributed by atoms with Gasteiger partial charge in [0.2, 0.25) is 0 Å². The van der Waals surface area contributed by atoms with Gasteiger partial charge in [-0.2, -0.15) is 0 Å². The zero-order valence-electron chi connectivity index (χ0n) is 11.2. The van der Waals surface area contributed by atoms with Crippen molar-refractivity contribution in [1.29, 1.82) is 0 Å². The van der Waals surface area contributed by atoms with Crippen molar-refractivity contribution in [2.45, 2.75) is 13.8 Å². The molecular weight excluding hydrogens is 276 g/mol. The molecule has 5 nitrogen and oxygen atoms in total. The highest BCUT2D eigenvalue weighted by atomic mass is 32.1. The quantitative estimate of drug-likeness (QED) is 0.940. The molecule has 20 heavy (non-hydrogen) atoms. The minimum atomic E-state index is -1.13. The second kappa shape index (κ2) is 5.83. The van der Waals surface area contributed by atoms with Crippen LogP contribution < -0.4 is 4.90 Å². The van der Waals surface area contributed by atoms with E-state index in [0.717, 1.165) is 22.6 Å². The molecule has 0 radical (unpaired) electrons. The number of benzene rings is 1. The first kappa shape index (κ1) is 14.2. The van der Waals surface area contributed by atoms with Crippen molar-refractivity contribution < 1.29 is 14.7 Å². The Bertz CT molecular complexity index is 651. The lowest BCUT2D eigenvalue weighted by Gasteiger charge is -2.21. The molecule has 0 aliphatic carbocycles. The second-order valence-electron chi connectivity index (χ2n) is 4.18. The fourth-order valence-electron chi connectivity index (χ4n) is 1.88. The van der Waals surface area contributed by atoms with Crippen molar-refractivity contribution in [2.24, 2.45) is 0 Å². The van der Waals surface area contributed by atoms with Crippen LogP contribution in [0.25, 0.3) is 0 Å². The predicted octanol–water partition coefficient (Wildman–Crippen LogP) is 2.82. The lowest BCUT2D eigenvalue weighted by Crippen LogP contribution is -2.31. The van der Waals surface area contributed by atoms with Crippen LogP contribution in [-0.2, 0) is 0 Å². The van der Waals surface area contributed by atoms with E-state index in [1.807, 2.05) is 38.1 Å². The zero-order valence-corrected chi connectivity index (χ0v) is 12.0. The lowest BCUT2D eigenvalue weighted by atomic mass is 10.2. The van der Waals surface area contributed by atoms with E-state index in [4.69, 9.17) is 5.11 Å². The Morgan fingerprint density at radius 2 is 2.05 bits per heavy atom. The lowest BCUT2D eigenvalue weighted by molar-refractivity contribution is 0.0691. The fraction of sp³-hybridized carbons (Fsp3) is 0.214. The average molecular weight is 290 g/mol. The van der Waals surface area contributed by atoms with Gasteiger partial charge in [0.1, 0.15) is 0 Å². The highest BCUT2D eigenvalue weighted by molar-refractivity contribution is 7.12. The molecule has 0 saturated heterocycles. The normalized spacial score (nSPS) is 10.3. The van der Waals surface area contributed by atoms with E-state index in [-0.39, 0.29) is 16.6 Å². The molecule has 1 amide bonds. The van der Waals surface area contributed by atoms with Gasteiger partial charge in [0.05, 0.1) is 0 Å². The molecule has 0 aliphatic heterocycles. The van der Waals surface area contributed by atoms with Gasteiger partial charge in [-0.3, -0.25) is 4.79 Å². The molecule has 2 rings (SSSR count). The standard InChI is InChI=1S/C14H14N2O3S/c1-3-16(11-7-5-4-6-9(11)2)13(17)12-15-10(8-20-12)14(18)19/h4-8H,3H2,1-2H3,(H,18,19). The molecule has 2 aromatic rings. The molecule has 104 valence electrons. The Hall–Kier alpha value is -2.21. The van der Waals surface area contributed by atoms with Gasteiger partial charge in [0.15, 0.2) is 10.7 Å². The SMILES string of the molecule is CCN(C(=O)c1nc(C(=O)O)cs1)c1ccccc1C. The van der Waals surface area contributed by atoms with E-state index >= 15 is 0 Å². The van der Waals surface area contributed by atoms with Gasteiger partial charge in [0.25, 0.3) is 5.91 Å². The smallest absolute Gasteiger partial charge is 0.355 e. The van der Waals surface area contributed by atoms with E-state index in [9.17, 15) is 9.59 Å². The molecule has 0 unspecified atom stereocenters. The van der Waals surface area contributed by atoms with Crippen molar-refractivity contribution in [3.63, 3.8) is 0 Å². The minimum absolute atomic E-state index is 0.0980. The minimum Gasteiger partial charge on any atom is -0.476 e. The highest BCUT2D eigenvalue weighted by Gasteiger charge is 2.21. The predicted molar refractivity (Wildman–Crippen MR) is 77.6 cm³/mol. The van der Waals surface area contributed by atoms with Crippen molar-refractivity contribution in [1.82, 2.24) is 4.98 Å². The maximum absolute atomic E-state index is 12.4. The van der Waals surface area contributed by atoms with Crippen molar-refractivity contribution in [3.05, 3.63) is 45.9 Å². The number of amides is 1. The maximum Gasteiger partial charge on any atom is 0.355 e. The Labute approximate surface area is 120 Å². The third-order valence-corrected chi connectivity index (χ3v) is 3.70. The number of aromatic carboxylic acids is 1. The summed E-state index contributed by atoms with van der Waals surface area (Å²) in [6.07, 6.45) is 0. The van der Waals surface area contributed by atoms with Crippen LogP contribution >= 0.6 is 11.3 Å². The molecule has 0 fully saturated rings. The van der Waals surface area contributed by atoms with Crippen LogP contribution in [0.2, 0.25) is 0 Å². The van der Waals surface area contributed by atoms with Crippen LogP contribution in [0.5, 0.6) is 0 Å². The van der Waals surface area contributed by atoms with Gasteiger partial charge in [-0.25, -0.2) is 9.78 Å². The maximum atomic E-state index is 12.4. The Morgan fingerprint density at radius 1 is 1.35 bits per heavy atom. The summed E-state index contributed by atoms with van der Waals surface area (Å²) in [6, 6.07) is 7.56. The summed E-state index contributed by atoms with van der Waals surface area (Å²) in [5.74, 6) is -1.40. The van der Waals surface area contributed by atoms with Crippen LogP contribution in [0, 0.1) is 6.92 Å². The molecule has 1 heterocycles. The van der Waals surface area contributed by atoms with E-state index in [1.54, 1.807) is 4.90 Å². The van der Waals surface area contributed by atoms with Crippen molar-refractivity contribution in [3.8, 4) is 0 Å². The first-order valence-corrected chi connectivity index (χ1v) is 6.99. The molecule has 0 bridgehead atoms. The van der Waals surface area contributed by atoms with Gasteiger partial charge in [-0.05, 0) is 25.5 Å². The van der Waals surface area contributed by atoms with E-state index < -0.39 is 5.97 Å². The summed E-state index contributed by atoms with van der Waals surface area (Å²) in [4.78, 5) is 28.7. The topological polar surface area (TPSA) is 70.5 Å². The van der Waals surface area contributed by atoms with Crippen LogP contribution in [-0.4, -0.2) is 28.5 Å². The van der Waals surface area contributed by atoms with E-state index in [1.165, 1.54) is 5.38 Å². The molecule has 0 atom stereocenters. The van der Waals surface area contributed by atoms with Crippen molar-refractivity contribution >= 4 is 28.9 Å². The third kappa shape index (κ3) is 2.70. The molecule has 1 aromatic heterocycles. The number of rotatable bonds is 4. The van der Waals surface area contributed by atoms with E-state index in [2.05, 4.69) is 4.98 Å². The number of carbonyl (C=O) groups excluding carboxylic acids is 1. The number of hydrogen-bond acceptors (Lipinski definition) is 4. The Kier molecular flexibility index (Phi) is 4.14. The zero-order chi connectivity index (χ0) is 14.7. The first-order chi connectivity index (χ1) is 9.54. The summed E-state index contributed by atoms with van der Waals surface area (Å²) in [6.45, 7) is 4.29. The summed E-state index contributed by atoms with van der Waals surface area (Å²) in [5.41, 5.74) is 1.70. The van der Waals surface area contributed by atoms with Gasteiger partial charge < -0.3 is 10.0 Å². The number of aryl methyl sites for hydroxylation is 1. The summed E-state index contributed by atoms with van der Waals surface area (Å²) < 4.78 is 0. The third-order valence-electron chi connectivity index (χ3n) is 2.87. The molecule has 1 aromatic carbocycles. The number of aromatic nitrogens is 1. The number of nitrogens with zero attached hydrogens (tertiary/aromatic N) is 2. The molecule has 1 N–H and O–H groups in total. The molecule has 6 heteroatoms. The van der Waals surface area contributed by atoms with Crippen LogP contribution in [0.1, 0.15) is 32.8 Å². The summed E-state index contributed by atoms with van der Waals surface area (Å²) in [7, 11) is 0. The van der Waals surface area contributed by atoms with Gasteiger partial charge in [-0.1, -0.05) is 18.2 Å². The van der Waals surface area contributed by atoms with Crippen molar-refractivity contribution in [2.75, 3.05) is 11.4 Å². The van der Waals surface area contributed by atoms with Gasteiger partial charge >= 0.3 is 5.97 Å². The number of para-hydroxylation sites is 1. The van der Waals surface area contributed by atoms with Gasteiger partial charge in [0, 0.05) is 17.6 Å². The first-order valence-electron chi connectivity index (χ1n) is 6.11. The Balaban J connectivity index is 2.34. The van der Waals surface area contributed by atoms with Crippen LogP contribution in [0.15, 0.2) is 29.6 Å². The monoisotopic (exact) mass is 290 g/mol. The molecule has 0 saturated carbocycles. The molecule has 0 spiro atoms. The number of anilines is 1. The van der Waals surface area contributed by atoms with Gasteiger partial charge in [-0.15, -0.1) is 11.3 Å². The van der Waals surface area contributed by atoms with E-state index in [0.29, 0.717) is 6.54 Å². The molecule has 0 aliphatic rings. The second-order valence-corrected chi connectivity index (χ2v) is 5.04. The number of hydrogen-bond donors (Lipinski definition) is 1. The number of carboxylic acid groups (broad SMARTS) is 1. The fourth-order valence-corrected chi connectivity index (χ4v) is 2.61. The number of carboxylic acids is 1. The highest BCUT2D eigenvalue weighted by Crippen LogP contribution is 2.22. The Morgan fingerprint density at radius 3 is 2.60 bits per heavy atom. The average Bonchev–Trinajstić information content (AvgIpc) is 2.91. The number of carbonyl (C=O) groups is 2. The largest absolute Gasteiger partial charge is 0.476 e. The molecular formula is C14H14N2O3S.